The summed E-state index contributed by atoms with van der Waals surface area (Å²) in [6, 6.07) is 8.66. The topological polar surface area (TPSA) is 114 Å². The van der Waals surface area contributed by atoms with Gasteiger partial charge in [-0.1, -0.05) is 62.2 Å². The maximum absolute atomic E-state index is 14.0. The van der Waals surface area contributed by atoms with Gasteiger partial charge in [-0.15, -0.1) is 0 Å². The zero-order valence-corrected chi connectivity index (χ0v) is 25.2. The minimum atomic E-state index is -1.18. The van der Waals surface area contributed by atoms with Gasteiger partial charge in [0.15, 0.2) is 5.76 Å². The fourth-order valence-corrected chi connectivity index (χ4v) is 5.49. The van der Waals surface area contributed by atoms with Crippen molar-refractivity contribution in [1.82, 2.24) is 15.1 Å². The SMILES string of the molecule is C=C/C=C(\C)OC1=C(CN(CC)C(=O)[C@@H](COCc2ccccc2)NC(=O)C(C)(C)N)C2(CCCCC2)N(C)C1=O. The molecule has 0 bridgehead atoms. The number of nitrogens with one attached hydrogen (secondary N) is 1. The average Bonchev–Trinajstić information content (AvgIpc) is 3.12. The number of nitrogens with two attached hydrogens (primary N) is 1. The molecule has 41 heavy (non-hydrogen) atoms. The largest absolute Gasteiger partial charge is 0.456 e. The normalized spacial score (nSPS) is 18.0. The molecule has 0 aromatic heterocycles. The first kappa shape index (κ1) is 32.1. The molecule has 1 aromatic rings. The highest BCUT2D eigenvalue weighted by molar-refractivity contribution is 5.97. The Labute approximate surface area is 244 Å². The van der Waals surface area contributed by atoms with Crippen molar-refractivity contribution in [3.8, 4) is 0 Å². The maximum Gasteiger partial charge on any atom is 0.290 e. The van der Waals surface area contributed by atoms with Crippen LogP contribution in [0.25, 0.3) is 0 Å². The first-order valence-electron chi connectivity index (χ1n) is 14.4. The molecular weight excluding hydrogens is 520 g/mol. The standard InChI is InChI=1S/C32H46N4O5/c1-7-15-23(3)41-27-25(32(35(6)29(27)38)18-13-10-14-19-32)20-36(8-2)28(37)26(34-30(39)31(4,5)33)22-40-21-24-16-11-9-12-17-24/h7,9,11-12,15-17,26H,1,8,10,13-14,18-22,33H2,2-6H3,(H,34,39)/b23-15+/t26-/m1/s1. The van der Waals surface area contributed by atoms with E-state index in [1.807, 2.05) is 44.3 Å². The quantitative estimate of drug-likeness (QED) is 0.277. The minimum absolute atomic E-state index is 0.0282. The van der Waals surface area contributed by atoms with Crippen molar-refractivity contribution in [3.63, 3.8) is 0 Å². The molecule has 9 nitrogen and oxygen atoms in total. The number of hydrogen-bond acceptors (Lipinski definition) is 6. The predicted octanol–water partition coefficient (Wildman–Crippen LogP) is 3.81. The number of carbonyl (C=O) groups excluding carboxylic acids is 3. The fourth-order valence-electron chi connectivity index (χ4n) is 5.49. The summed E-state index contributed by atoms with van der Waals surface area (Å²) in [5, 5.41) is 2.81. The molecule has 3 rings (SSSR count). The van der Waals surface area contributed by atoms with Crippen LogP contribution in [0.15, 0.2) is 66.2 Å². The molecule has 224 valence electrons. The van der Waals surface area contributed by atoms with Crippen molar-refractivity contribution >= 4 is 17.7 Å². The fraction of sp³-hybridized carbons (Fsp3) is 0.531. The number of carbonyl (C=O) groups is 3. The second kappa shape index (κ2) is 14.0. The van der Waals surface area contributed by atoms with E-state index in [4.69, 9.17) is 15.2 Å². The van der Waals surface area contributed by atoms with Crippen LogP contribution >= 0.6 is 0 Å². The lowest BCUT2D eigenvalue weighted by molar-refractivity contribution is -0.139. The van der Waals surface area contributed by atoms with Gasteiger partial charge in [0.1, 0.15) is 11.8 Å². The highest BCUT2D eigenvalue weighted by Gasteiger charge is 2.51. The number of amides is 3. The van der Waals surface area contributed by atoms with Crippen molar-refractivity contribution in [2.24, 2.45) is 5.73 Å². The molecule has 1 spiro atoms. The van der Waals surface area contributed by atoms with Crippen molar-refractivity contribution < 1.29 is 23.9 Å². The summed E-state index contributed by atoms with van der Waals surface area (Å²) in [5.74, 6) is -0.149. The van der Waals surface area contributed by atoms with Gasteiger partial charge >= 0.3 is 0 Å². The van der Waals surface area contributed by atoms with Crippen molar-refractivity contribution in [1.29, 1.82) is 0 Å². The molecule has 1 aliphatic heterocycles. The summed E-state index contributed by atoms with van der Waals surface area (Å²) < 4.78 is 12.0. The van der Waals surface area contributed by atoms with E-state index in [2.05, 4.69) is 11.9 Å². The number of likely N-dealkylation sites (N-methyl/N-ethyl adjacent to an activating group) is 2. The van der Waals surface area contributed by atoms with Gasteiger partial charge in [0.05, 0.1) is 24.3 Å². The molecule has 0 saturated heterocycles. The molecule has 1 saturated carbocycles. The lowest BCUT2D eigenvalue weighted by Crippen LogP contribution is -2.58. The zero-order chi connectivity index (χ0) is 30.2. The van der Waals surface area contributed by atoms with E-state index in [0.717, 1.165) is 43.2 Å². The lowest BCUT2D eigenvalue weighted by atomic mass is 9.76. The summed E-state index contributed by atoms with van der Waals surface area (Å²) in [6.07, 6.45) is 7.97. The summed E-state index contributed by atoms with van der Waals surface area (Å²) in [4.78, 5) is 43.9. The summed E-state index contributed by atoms with van der Waals surface area (Å²) >= 11 is 0. The van der Waals surface area contributed by atoms with Gasteiger partial charge in [0.2, 0.25) is 11.8 Å². The number of nitrogens with zero attached hydrogens (tertiary/aromatic N) is 2. The van der Waals surface area contributed by atoms with Crippen LogP contribution in [0.2, 0.25) is 0 Å². The second-order valence-corrected chi connectivity index (χ2v) is 11.5. The van der Waals surface area contributed by atoms with Crippen LogP contribution in [0.5, 0.6) is 0 Å². The number of ether oxygens (including phenoxy) is 2. The van der Waals surface area contributed by atoms with Crippen molar-refractivity contribution in [2.45, 2.75) is 83.5 Å². The third-order valence-corrected chi connectivity index (χ3v) is 7.90. The van der Waals surface area contributed by atoms with E-state index < -0.39 is 23.0 Å². The van der Waals surface area contributed by atoms with E-state index in [-0.39, 0.29) is 30.7 Å². The molecule has 1 aliphatic carbocycles. The van der Waals surface area contributed by atoms with Crippen LogP contribution in [-0.4, -0.2) is 71.4 Å². The third kappa shape index (κ3) is 7.65. The number of rotatable bonds is 13. The molecule has 1 heterocycles. The Kier molecular flexibility index (Phi) is 10.9. The van der Waals surface area contributed by atoms with Crippen LogP contribution in [0.4, 0.5) is 0 Å². The molecule has 1 atom stereocenters. The van der Waals surface area contributed by atoms with Gasteiger partial charge in [-0.25, -0.2) is 0 Å². The molecule has 1 fully saturated rings. The molecule has 0 unspecified atom stereocenters. The summed E-state index contributed by atoms with van der Waals surface area (Å²) in [6.45, 7) is 11.4. The first-order valence-corrected chi connectivity index (χ1v) is 14.4. The predicted molar refractivity (Wildman–Crippen MR) is 159 cm³/mol. The van der Waals surface area contributed by atoms with Crippen molar-refractivity contribution in [3.05, 3.63) is 71.7 Å². The van der Waals surface area contributed by atoms with E-state index in [0.29, 0.717) is 18.9 Å². The van der Waals surface area contributed by atoms with Gasteiger partial charge in [-0.05, 0) is 52.2 Å². The Morgan fingerprint density at radius 3 is 2.46 bits per heavy atom. The highest BCUT2D eigenvalue weighted by Crippen LogP contribution is 2.46. The van der Waals surface area contributed by atoms with E-state index in [9.17, 15) is 14.4 Å². The molecule has 3 N–H and O–H groups in total. The smallest absolute Gasteiger partial charge is 0.290 e. The summed E-state index contributed by atoms with van der Waals surface area (Å²) in [7, 11) is 1.82. The molecule has 2 aliphatic rings. The minimum Gasteiger partial charge on any atom is -0.456 e. The van der Waals surface area contributed by atoms with E-state index in [1.165, 1.54) is 0 Å². The molecule has 0 radical (unpaired) electrons. The number of allylic oxidation sites excluding steroid dienone is 3. The van der Waals surface area contributed by atoms with Crippen molar-refractivity contribution in [2.75, 3.05) is 26.7 Å². The Balaban J connectivity index is 1.92. The van der Waals surface area contributed by atoms with Crippen LogP contribution < -0.4 is 11.1 Å². The van der Waals surface area contributed by atoms with Gasteiger partial charge in [0.25, 0.3) is 5.91 Å². The van der Waals surface area contributed by atoms with Crippen LogP contribution in [0.1, 0.15) is 65.4 Å². The van der Waals surface area contributed by atoms with Crippen LogP contribution in [0, 0.1) is 0 Å². The zero-order valence-electron chi connectivity index (χ0n) is 25.2. The van der Waals surface area contributed by atoms with Gasteiger partial charge in [-0.2, -0.15) is 0 Å². The Hall–Kier alpha value is -3.43. The first-order chi connectivity index (χ1) is 19.4. The Morgan fingerprint density at radius 1 is 1.22 bits per heavy atom. The highest BCUT2D eigenvalue weighted by atomic mass is 16.5. The second-order valence-electron chi connectivity index (χ2n) is 11.5. The van der Waals surface area contributed by atoms with Gasteiger partial charge in [-0.3, -0.25) is 14.4 Å². The maximum atomic E-state index is 14.0. The van der Waals surface area contributed by atoms with Crippen LogP contribution in [-0.2, 0) is 30.5 Å². The Bertz CT molecular complexity index is 1160. The molecular formula is C32H46N4O5. The number of benzene rings is 1. The molecule has 1 aromatic carbocycles. The lowest BCUT2D eigenvalue weighted by Gasteiger charge is -2.42. The average molecular weight is 567 g/mol. The number of hydrogen-bond donors (Lipinski definition) is 2. The molecule has 3 amide bonds. The monoisotopic (exact) mass is 566 g/mol. The van der Waals surface area contributed by atoms with Crippen LogP contribution in [0.3, 0.4) is 0 Å². The van der Waals surface area contributed by atoms with E-state index >= 15 is 0 Å². The molecule has 9 heteroatoms. The summed E-state index contributed by atoms with van der Waals surface area (Å²) in [5.41, 5.74) is 6.10. The van der Waals surface area contributed by atoms with E-state index in [1.54, 1.807) is 42.7 Å². The van der Waals surface area contributed by atoms with Gasteiger partial charge in [0, 0.05) is 25.7 Å². The third-order valence-electron chi connectivity index (χ3n) is 7.90. The Morgan fingerprint density at radius 2 is 1.88 bits per heavy atom. The van der Waals surface area contributed by atoms with Gasteiger partial charge < -0.3 is 30.3 Å².